The third-order valence-electron chi connectivity index (χ3n) is 3.45. The molecule has 15 heavy (non-hydrogen) atoms. The molecule has 1 unspecified atom stereocenters. The van der Waals surface area contributed by atoms with Gasteiger partial charge < -0.3 is 10.2 Å². The molecule has 0 radical (unpaired) electrons. The lowest BCUT2D eigenvalue weighted by atomic mass is 10.0. The molecule has 0 amide bonds. The first-order valence-electron chi connectivity index (χ1n) is 6.05. The van der Waals surface area contributed by atoms with E-state index in [2.05, 4.69) is 42.9 Å². The number of nitrogens with zero attached hydrogens (tertiary/aromatic N) is 2. The van der Waals surface area contributed by atoms with Gasteiger partial charge >= 0.3 is 0 Å². The average molecular weight is 213 g/mol. The summed E-state index contributed by atoms with van der Waals surface area (Å²) in [6.07, 6.45) is 1.25. The first-order chi connectivity index (χ1) is 6.95. The van der Waals surface area contributed by atoms with Crippen molar-refractivity contribution in [1.82, 2.24) is 15.1 Å². The second-order valence-corrected chi connectivity index (χ2v) is 5.64. The Morgan fingerprint density at radius 1 is 1.27 bits per heavy atom. The Morgan fingerprint density at radius 2 is 1.93 bits per heavy atom. The lowest BCUT2D eigenvalue weighted by molar-refractivity contribution is 0.0324. The van der Waals surface area contributed by atoms with Gasteiger partial charge in [-0.1, -0.05) is 0 Å². The number of nitrogens with one attached hydrogen (secondary N) is 1. The van der Waals surface area contributed by atoms with E-state index in [1.54, 1.807) is 0 Å². The van der Waals surface area contributed by atoms with Crippen molar-refractivity contribution in [2.75, 3.05) is 40.3 Å². The molecule has 1 fully saturated rings. The van der Waals surface area contributed by atoms with Gasteiger partial charge in [-0.25, -0.2) is 0 Å². The molecule has 1 aliphatic heterocycles. The Morgan fingerprint density at radius 3 is 2.47 bits per heavy atom. The molecular weight excluding hydrogens is 186 g/mol. The lowest BCUT2D eigenvalue weighted by Gasteiger charge is -2.45. The molecule has 0 aliphatic carbocycles. The van der Waals surface area contributed by atoms with Gasteiger partial charge in [0.25, 0.3) is 0 Å². The van der Waals surface area contributed by atoms with Crippen LogP contribution in [0.3, 0.4) is 0 Å². The fourth-order valence-corrected chi connectivity index (χ4v) is 2.18. The maximum atomic E-state index is 3.24. The predicted octanol–water partition coefficient (Wildman–Crippen LogP) is 1.01. The van der Waals surface area contributed by atoms with Gasteiger partial charge in [-0.05, 0) is 47.8 Å². The molecule has 3 nitrogen and oxygen atoms in total. The molecule has 0 saturated carbocycles. The maximum Gasteiger partial charge on any atom is 0.0232 e. The summed E-state index contributed by atoms with van der Waals surface area (Å²) in [6, 6.07) is 0.713. The second kappa shape index (κ2) is 5.28. The van der Waals surface area contributed by atoms with Crippen molar-refractivity contribution in [3.05, 3.63) is 0 Å². The molecule has 0 aromatic carbocycles. The van der Waals surface area contributed by atoms with Crippen LogP contribution >= 0.6 is 0 Å². The van der Waals surface area contributed by atoms with E-state index < -0.39 is 0 Å². The summed E-state index contributed by atoms with van der Waals surface area (Å²) in [5.74, 6) is 0. The summed E-state index contributed by atoms with van der Waals surface area (Å²) < 4.78 is 0. The largest absolute Gasteiger partial charge is 0.320 e. The van der Waals surface area contributed by atoms with Crippen molar-refractivity contribution < 1.29 is 0 Å². The second-order valence-electron chi connectivity index (χ2n) is 5.64. The Bertz CT molecular complexity index is 186. The first kappa shape index (κ1) is 12.9. The summed E-state index contributed by atoms with van der Waals surface area (Å²) in [4.78, 5) is 5.10. The molecule has 1 N–H and O–H groups in total. The minimum atomic E-state index is 0.319. The Kier molecular flexibility index (Phi) is 4.56. The van der Waals surface area contributed by atoms with Crippen molar-refractivity contribution in [2.45, 2.75) is 38.8 Å². The average Bonchev–Trinajstić information content (AvgIpc) is 2.15. The van der Waals surface area contributed by atoms with E-state index in [4.69, 9.17) is 0 Å². The highest BCUT2D eigenvalue weighted by molar-refractivity contribution is 4.86. The molecule has 1 rings (SSSR count). The Hall–Kier alpha value is -0.120. The summed E-state index contributed by atoms with van der Waals surface area (Å²) in [7, 11) is 4.28. The van der Waals surface area contributed by atoms with E-state index in [1.165, 1.54) is 26.1 Å². The molecule has 1 heterocycles. The minimum absolute atomic E-state index is 0.319. The van der Waals surface area contributed by atoms with Crippen LogP contribution in [0, 0.1) is 0 Å². The molecule has 1 saturated heterocycles. The molecule has 90 valence electrons. The van der Waals surface area contributed by atoms with Crippen LogP contribution in [-0.2, 0) is 0 Å². The zero-order chi connectivity index (χ0) is 11.5. The third-order valence-corrected chi connectivity index (χ3v) is 3.45. The number of likely N-dealkylation sites (N-methyl/N-ethyl adjacent to an activating group) is 1. The smallest absolute Gasteiger partial charge is 0.0232 e. The summed E-state index contributed by atoms with van der Waals surface area (Å²) in [5, 5.41) is 3.24. The molecule has 0 aromatic rings. The van der Waals surface area contributed by atoms with Gasteiger partial charge in [0.1, 0.15) is 0 Å². The van der Waals surface area contributed by atoms with Crippen LogP contribution in [0.25, 0.3) is 0 Å². The molecule has 3 heteroatoms. The van der Waals surface area contributed by atoms with Gasteiger partial charge in [0, 0.05) is 31.2 Å². The van der Waals surface area contributed by atoms with E-state index >= 15 is 0 Å². The zero-order valence-electron chi connectivity index (χ0n) is 11.0. The van der Waals surface area contributed by atoms with Gasteiger partial charge in [0.15, 0.2) is 0 Å². The van der Waals surface area contributed by atoms with Crippen LogP contribution < -0.4 is 5.32 Å². The van der Waals surface area contributed by atoms with E-state index in [1.807, 2.05) is 7.05 Å². The topological polar surface area (TPSA) is 18.5 Å². The van der Waals surface area contributed by atoms with Crippen molar-refractivity contribution in [1.29, 1.82) is 0 Å². The third kappa shape index (κ3) is 3.74. The zero-order valence-corrected chi connectivity index (χ0v) is 11.0. The summed E-state index contributed by atoms with van der Waals surface area (Å²) >= 11 is 0. The normalized spacial score (nSPS) is 25.8. The van der Waals surface area contributed by atoms with Gasteiger partial charge in [0.05, 0.1) is 0 Å². The van der Waals surface area contributed by atoms with Crippen molar-refractivity contribution in [2.24, 2.45) is 0 Å². The summed E-state index contributed by atoms with van der Waals surface area (Å²) in [6.45, 7) is 11.7. The quantitative estimate of drug-likeness (QED) is 0.755. The van der Waals surface area contributed by atoms with Crippen LogP contribution in [-0.4, -0.2) is 61.7 Å². The SMILES string of the molecule is CNCCC1CN(C(C)(C)C)CCN1C. The highest BCUT2D eigenvalue weighted by atomic mass is 15.3. The number of hydrogen-bond acceptors (Lipinski definition) is 3. The molecule has 0 bridgehead atoms. The van der Waals surface area contributed by atoms with Crippen LogP contribution in [0.5, 0.6) is 0 Å². The van der Waals surface area contributed by atoms with Gasteiger partial charge in [-0.15, -0.1) is 0 Å². The predicted molar refractivity (Wildman–Crippen MR) is 66.3 cm³/mol. The van der Waals surface area contributed by atoms with Crippen LogP contribution in [0.4, 0.5) is 0 Å². The highest BCUT2D eigenvalue weighted by Gasteiger charge is 2.29. The van der Waals surface area contributed by atoms with Crippen molar-refractivity contribution in [3.63, 3.8) is 0 Å². The van der Waals surface area contributed by atoms with Crippen molar-refractivity contribution in [3.8, 4) is 0 Å². The van der Waals surface area contributed by atoms with Gasteiger partial charge in [0.2, 0.25) is 0 Å². The van der Waals surface area contributed by atoms with Crippen LogP contribution in [0.2, 0.25) is 0 Å². The standard InChI is InChI=1S/C12H27N3/c1-12(2,3)15-9-8-14(5)11(10-15)6-7-13-4/h11,13H,6-10H2,1-5H3. The monoisotopic (exact) mass is 213 g/mol. The van der Waals surface area contributed by atoms with E-state index in [0.717, 1.165) is 6.54 Å². The fourth-order valence-electron chi connectivity index (χ4n) is 2.18. The Labute approximate surface area is 94.8 Å². The molecule has 1 atom stereocenters. The van der Waals surface area contributed by atoms with E-state index in [-0.39, 0.29) is 0 Å². The Balaban J connectivity index is 2.48. The lowest BCUT2D eigenvalue weighted by Crippen LogP contribution is -2.57. The number of hydrogen-bond donors (Lipinski definition) is 1. The molecular formula is C12H27N3. The van der Waals surface area contributed by atoms with Gasteiger partial charge in [-0.3, -0.25) is 4.90 Å². The molecule has 0 aromatic heterocycles. The van der Waals surface area contributed by atoms with Gasteiger partial charge in [-0.2, -0.15) is 0 Å². The first-order valence-corrected chi connectivity index (χ1v) is 6.05. The summed E-state index contributed by atoms with van der Waals surface area (Å²) in [5.41, 5.74) is 0.319. The number of piperazine rings is 1. The van der Waals surface area contributed by atoms with E-state index in [9.17, 15) is 0 Å². The fraction of sp³-hybridized carbons (Fsp3) is 1.00. The van der Waals surface area contributed by atoms with Crippen LogP contribution in [0.15, 0.2) is 0 Å². The van der Waals surface area contributed by atoms with Crippen LogP contribution in [0.1, 0.15) is 27.2 Å². The maximum absolute atomic E-state index is 3.24. The highest BCUT2D eigenvalue weighted by Crippen LogP contribution is 2.19. The van der Waals surface area contributed by atoms with Crippen molar-refractivity contribution >= 4 is 0 Å². The minimum Gasteiger partial charge on any atom is -0.320 e. The number of rotatable bonds is 3. The van der Waals surface area contributed by atoms with E-state index in [0.29, 0.717) is 11.6 Å². The molecule has 0 spiro atoms. The molecule has 1 aliphatic rings.